The molecule has 1 atom stereocenters. The maximum atomic E-state index is 11.4. The van der Waals surface area contributed by atoms with Gasteiger partial charge in [-0.05, 0) is 43.6 Å². The van der Waals surface area contributed by atoms with Crippen molar-refractivity contribution in [1.29, 1.82) is 0 Å². The lowest BCUT2D eigenvalue weighted by molar-refractivity contribution is -0.144. The maximum Gasteiger partial charge on any atom is 0.323 e. The third-order valence-electron chi connectivity index (χ3n) is 3.53. The number of nitrogens with one attached hydrogen (secondary N) is 1. The van der Waals surface area contributed by atoms with E-state index in [-0.39, 0.29) is 0 Å². The number of benzene rings is 1. The van der Waals surface area contributed by atoms with Crippen LogP contribution in [0, 0.1) is 0 Å². The second-order valence-electron chi connectivity index (χ2n) is 5.45. The van der Waals surface area contributed by atoms with Gasteiger partial charge < -0.3 is 5.11 Å². The van der Waals surface area contributed by atoms with Gasteiger partial charge in [-0.15, -0.1) is 0 Å². The Morgan fingerprint density at radius 3 is 2.80 bits per heavy atom. The number of carboxylic acids is 1. The first-order valence-corrected chi connectivity index (χ1v) is 8.37. The van der Waals surface area contributed by atoms with Crippen LogP contribution in [0.2, 0.25) is 5.02 Å². The number of carbonyl (C=O) groups is 1. The van der Waals surface area contributed by atoms with Crippen molar-refractivity contribution in [2.75, 3.05) is 5.75 Å². The summed E-state index contributed by atoms with van der Waals surface area (Å²) in [5.41, 5.74) is 0.292. The fourth-order valence-corrected chi connectivity index (χ4v) is 3.44. The summed E-state index contributed by atoms with van der Waals surface area (Å²) >= 11 is 7.83. The number of thioether (sulfide) groups is 1. The highest BCUT2D eigenvalue weighted by molar-refractivity contribution is 7.98. The van der Waals surface area contributed by atoms with Crippen molar-refractivity contribution in [3.63, 3.8) is 0 Å². The summed E-state index contributed by atoms with van der Waals surface area (Å²) in [5, 5.41) is 13.4. The molecule has 0 amide bonds. The minimum Gasteiger partial charge on any atom is -0.480 e. The molecule has 0 radical (unpaired) electrons. The molecule has 1 aliphatic rings. The Kier molecular flexibility index (Phi) is 5.35. The fraction of sp³-hybridized carbons (Fsp3) is 0.533. The molecule has 1 saturated carbocycles. The smallest absolute Gasteiger partial charge is 0.323 e. The van der Waals surface area contributed by atoms with Crippen molar-refractivity contribution in [2.45, 2.75) is 43.5 Å². The largest absolute Gasteiger partial charge is 0.480 e. The summed E-state index contributed by atoms with van der Waals surface area (Å²) in [5.74, 6) is 0.856. The van der Waals surface area contributed by atoms with E-state index in [2.05, 4.69) is 5.32 Å². The van der Waals surface area contributed by atoms with Gasteiger partial charge >= 0.3 is 5.97 Å². The predicted molar refractivity (Wildman–Crippen MR) is 84.4 cm³/mol. The fourth-order valence-electron chi connectivity index (χ4n) is 1.99. The number of hydrogen-bond acceptors (Lipinski definition) is 3. The van der Waals surface area contributed by atoms with Gasteiger partial charge in [0.1, 0.15) is 5.54 Å². The first-order valence-electron chi connectivity index (χ1n) is 6.83. The third kappa shape index (κ3) is 4.40. The highest BCUT2D eigenvalue weighted by Gasteiger charge is 2.37. The Labute approximate surface area is 129 Å². The van der Waals surface area contributed by atoms with Crippen LogP contribution in [0.3, 0.4) is 0 Å². The molecule has 1 fully saturated rings. The predicted octanol–water partition coefficient (Wildman–Crippen LogP) is 3.56. The van der Waals surface area contributed by atoms with Crippen molar-refractivity contribution in [3.8, 4) is 0 Å². The van der Waals surface area contributed by atoms with E-state index in [0.717, 1.165) is 34.9 Å². The van der Waals surface area contributed by atoms with Gasteiger partial charge in [0, 0.05) is 16.8 Å². The zero-order chi connectivity index (χ0) is 14.6. The van der Waals surface area contributed by atoms with E-state index in [4.69, 9.17) is 11.6 Å². The first-order chi connectivity index (χ1) is 9.51. The van der Waals surface area contributed by atoms with E-state index < -0.39 is 11.5 Å². The molecule has 20 heavy (non-hydrogen) atoms. The van der Waals surface area contributed by atoms with Crippen molar-refractivity contribution in [3.05, 3.63) is 34.9 Å². The summed E-state index contributed by atoms with van der Waals surface area (Å²) < 4.78 is 0. The summed E-state index contributed by atoms with van der Waals surface area (Å²) in [7, 11) is 0. The lowest BCUT2D eigenvalue weighted by atomic mass is 9.99. The molecule has 1 aromatic rings. The van der Waals surface area contributed by atoms with E-state index >= 15 is 0 Å². The van der Waals surface area contributed by atoms with Gasteiger partial charge in [-0.2, -0.15) is 11.8 Å². The number of hydrogen-bond donors (Lipinski definition) is 2. The van der Waals surface area contributed by atoms with Gasteiger partial charge in [-0.1, -0.05) is 29.8 Å². The molecular weight excluding hydrogens is 294 g/mol. The molecule has 110 valence electrons. The average Bonchev–Trinajstić information content (AvgIpc) is 3.20. The molecule has 0 spiro atoms. The number of aliphatic carboxylic acids is 1. The zero-order valence-electron chi connectivity index (χ0n) is 11.6. The van der Waals surface area contributed by atoms with E-state index in [0.29, 0.717) is 12.5 Å². The standard InChI is InChI=1S/C15H20ClNO2S/c1-15(14(18)19,17-12-6-7-12)8-9-20-10-11-4-2-3-5-13(11)16/h2-5,12,17H,6-10H2,1H3,(H,18,19). The van der Waals surface area contributed by atoms with Crippen molar-refractivity contribution >= 4 is 29.3 Å². The third-order valence-corrected chi connectivity index (χ3v) is 4.91. The topological polar surface area (TPSA) is 49.3 Å². The molecule has 0 saturated heterocycles. The number of rotatable bonds is 8. The average molecular weight is 314 g/mol. The second-order valence-corrected chi connectivity index (χ2v) is 6.96. The Hall–Kier alpha value is -0.710. The van der Waals surface area contributed by atoms with Crippen LogP contribution in [0.4, 0.5) is 0 Å². The van der Waals surface area contributed by atoms with Crippen LogP contribution >= 0.6 is 23.4 Å². The molecule has 2 N–H and O–H groups in total. The van der Waals surface area contributed by atoms with Crippen LogP contribution < -0.4 is 5.32 Å². The molecule has 0 heterocycles. The highest BCUT2D eigenvalue weighted by atomic mass is 35.5. The molecule has 0 aromatic heterocycles. The quantitative estimate of drug-likeness (QED) is 0.721. The van der Waals surface area contributed by atoms with E-state index in [1.807, 2.05) is 24.3 Å². The van der Waals surface area contributed by atoms with Gasteiger partial charge in [-0.25, -0.2) is 0 Å². The Bertz CT molecular complexity index is 479. The van der Waals surface area contributed by atoms with Gasteiger partial charge in [0.25, 0.3) is 0 Å². The molecule has 3 nitrogen and oxygen atoms in total. The van der Waals surface area contributed by atoms with Crippen molar-refractivity contribution < 1.29 is 9.90 Å². The Morgan fingerprint density at radius 1 is 1.50 bits per heavy atom. The van der Waals surface area contributed by atoms with Gasteiger partial charge in [0.15, 0.2) is 0 Å². The van der Waals surface area contributed by atoms with Crippen LogP contribution in [0.1, 0.15) is 31.7 Å². The molecule has 1 aromatic carbocycles. The SMILES string of the molecule is CC(CCSCc1ccccc1Cl)(NC1CC1)C(=O)O. The van der Waals surface area contributed by atoms with Gasteiger partial charge in [-0.3, -0.25) is 10.1 Å². The molecule has 5 heteroatoms. The lowest BCUT2D eigenvalue weighted by Crippen LogP contribution is -2.50. The van der Waals surface area contributed by atoms with E-state index in [1.54, 1.807) is 18.7 Å². The van der Waals surface area contributed by atoms with Crippen LogP contribution in [-0.4, -0.2) is 28.4 Å². The summed E-state index contributed by atoms with van der Waals surface area (Å²) in [4.78, 5) is 11.4. The summed E-state index contributed by atoms with van der Waals surface area (Å²) in [6, 6.07) is 8.17. The minimum atomic E-state index is -0.811. The molecule has 0 bridgehead atoms. The zero-order valence-corrected chi connectivity index (χ0v) is 13.1. The number of halogens is 1. The van der Waals surface area contributed by atoms with Crippen LogP contribution in [0.25, 0.3) is 0 Å². The van der Waals surface area contributed by atoms with E-state index in [1.165, 1.54) is 0 Å². The molecule has 2 rings (SSSR count). The Balaban J connectivity index is 1.78. The van der Waals surface area contributed by atoms with Crippen LogP contribution in [0.15, 0.2) is 24.3 Å². The molecular formula is C15H20ClNO2S. The normalized spacial score (nSPS) is 17.7. The molecule has 1 unspecified atom stereocenters. The monoisotopic (exact) mass is 313 g/mol. The number of carboxylic acid groups (broad SMARTS) is 1. The second kappa shape index (κ2) is 6.83. The van der Waals surface area contributed by atoms with Crippen molar-refractivity contribution in [1.82, 2.24) is 5.32 Å². The maximum absolute atomic E-state index is 11.4. The molecule has 0 aliphatic heterocycles. The summed E-state index contributed by atoms with van der Waals surface area (Å²) in [6.07, 6.45) is 2.80. The van der Waals surface area contributed by atoms with Crippen LogP contribution in [0.5, 0.6) is 0 Å². The van der Waals surface area contributed by atoms with Crippen LogP contribution in [-0.2, 0) is 10.5 Å². The van der Waals surface area contributed by atoms with Gasteiger partial charge in [0.05, 0.1) is 0 Å². The molecule has 1 aliphatic carbocycles. The van der Waals surface area contributed by atoms with E-state index in [9.17, 15) is 9.90 Å². The highest BCUT2D eigenvalue weighted by Crippen LogP contribution is 2.26. The lowest BCUT2D eigenvalue weighted by Gasteiger charge is -2.26. The summed E-state index contributed by atoms with van der Waals surface area (Å²) in [6.45, 7) is 1.78. The minimum absolute atomic E-state index is 0.393. The van der Waals surface area contributed by atoms with Crippen molar-refractivity contribution in [2.24, 2.45) is 0 Å². The Morgan fingerprint density at radius 2 is 2.20 bits per heavy atom. The van der Waals surface area contributed by atoms with Gasteiger partial charge in [0.2, 0.25) is 0 Å². The first kappa shape index (κ1) is 15.7.